The smallest absolute Gasteiger partial charge is 0.329 e. The molecule has 0 aromatic heterocycles. The summed E-state index contributed by atoms with van der Waals surface area (Å²) in [6.07, 6.45) is 4.17. The van der Waals surface area contributed by atoms with Crippen molar-refractivity contribution in [2.75, 3.05) is 5.32 Å². The maximum atomic E-state index is 10.1. The van der Waals surface area contributed by atoms with E-state index in [9.17, 15) is 4.79 Å². The monoisotopic (exact) mass is 189 g/mol. The lowest BCUT2D eigenvalue weighted by atomic mass is 10.2. The summed E-state index contributed by atoms with van der Waals surface area (Å²) < 4.78 is 0. The molecule has 2 N–H and O–H groups in total. The lowest BCUT2D eigenvalue weighted by Gasteiger charge is -1.99. The van der Waals surface area contributed by atoms with Crippen molar-refractivity contribution in [2.24, 2.45) is 0 Å². The molecule has 0 fully saturated rings. The van der Waals surface area contributed by atoms with Crippen LogP contribution in [0.4, 0.5) is 5.69 Å². The van der Waals surface area contributed by atoms with Gasteiger partial charge in [0.2, 0.25) is 0 Å². The summed E-state index contributed by atoms with van der Waals surface area (Å²) in [6, 6.07) is 7.49. The molecule has 0 amide bonds. The van der Waals surface area contributed by atoms with Gasteiger partial charge in [-0.25, -0.2) is 4.79 Å². The number of hydrogen-bond acceptors (Lipinski definition) is 2. The van der Waals surface area contributed by atoms with Gasteiger partial charge >= 0.3 is 5.97 Å². The molecule has 0 atom stereocenters. The molecule has 3 heteroatoms. The van der Waals surface area contributed by atoms with Gasteiger partial charge in [-0.3, -0.25) is 0 Å². The van der Waals surface area contributed by atoms with Gasteiger partial charge in [0.25, 0.3) is 0 Å². The van der Waals surface area contributed by atoms with E-state index in [0.717, 1.165) is 17.3 Å². The van der Waals surface area contributed by atoms with Crippen LogP contribution in [0.3, 0.4) is 0 Å². The number of carboxylic acid groups (broad SMARTS) is 1. The molecule has 0 aliphatic carbocycles. The Kier molecular flexibility index (Phi) is 3.49. The standard InChI is InChI=1S/C11H11NO2/c1-2-9-3-5-10(6-4-9)12-8-7-11(13)14/h2-8,12H,1H2,(H,13,14). The molecule has 1 rings (SSSR count). The highest BCUT2D eigenvalue weighted by molar-refractivity contribution is 5.80. The van der Waals surface area contributed by atoms with E-state index in [2.05, 4.69) is 11.9 Å². The van der Waals surface area contributed by atoms with Gasteiger partial charge < -0.3 is 10.4 Å². The van der Waals surface area contributed by atoms with Crippen molar-refractivity contribution in [3.8, 4) is 0 Å². The first kappa shape index (κ1) is 10.1. The van der Waals surface area contributed by atoms with Crippen molar-refractivity contribution in [2.45, 2.75) is 0 Å². The Bertz CT molecular complexity index is 352. The van der Waals surface area contributed by atoms with Gasteiger partial charge in [-0.2, -0.15) is 0 Å². The average Bonchev–Trinajstić information content (AvgIpc) is 2.18. The molecule has 14 heavy (non-hydrogen) atoms. The SMILES string of the molecule is C=Cc1ccc(NC=CC(=O)O)cc1. The molecule has 1 aromatic rings. The molecule has 3 nitrogen and oxygen atoms in total. The minimum absolute atomic E-state index is 0.841. The van der Waals surface area contributed by atoms with Crippen LogP contribution in [0.15, 0.2) is 43.1 Å². The summed E-state index contributed by atoms with van der Waals surface area (Å²) >= 11 is 0. The summed E-state index contributed by atoms with van der Waals surface area (Å²) in [4.78, 5) is 10.1. The van der Waals surface area contributed by atoms with Crippen LogP contribution in [-0.4, -0.2) is 11.1 Å². The van der Waals surface area contributed by atoms with E-state index in [1.54, 1.807) is 6.08 Å². The predicted octanol–water partition coefficient (Wildman–Crippen LogP) is 2.34. The molecule has 72 valence electrons. The lowest BCUT2D eigenvalue weighted by molar-refractivity contribution is -0.131. The summed E-state index contributed by atoms with van der Waals surface area (Å²) in [7, 11) is 0. The summed E-state index contributed by atoms with van der Waals surface area (Å²) in [5.74, 6) is -0.972. The van der Waals surface area contributed by atoms with Crippen molar-refractivity contribution in [1.82, 2.24) is 0 Å². The van der Waals surface area contributed by atoms with Gasteiger partial charge in [-0.05, 0) is 17.7 Å². The van der Waals surface area contributed by atoms with Crippen LogP contribution in [0.25, 0.3) is 6.08 Å². The topological polar surface area (TPSA) is 49.3 Å². The fourth-order valence-corrected chi connectivity index (χ4v) is 0.925. The van der Waals surface area contributed by atoms with Crippen LogP contribution in [0.1, 0.15) is 5.56 Å². The van der Waals surface area contributed by atoms with E-state index in [-0.39, 0.29) is 0 Å². The Morgan fingerprint density at radius 2 is 2.00 bits per heavy atom. The number of hydrogen-bond donors (Lipinski definition) is 2. The largest absolute Gasteiger partial charge is 0.478 e. The summed E-state index contributed by atoms with van der Waals surface area (Å²) in [5.41, 5.74) is 1.87. The highest BCUT2D eigenvalue weighted by Crippen LogP contribution is 2.09. The number of carboxylic acids is 1. The van der Waals surface area contributed by atoms with Crippen LogP contribution < -0.4 is 5.32 Å². The maximum Gasteiger partial charge on any atom is 0.329 e. The number of carbonyl (C=O) groups is 1. The van der Waals surface area contributed by atoms with Crippen molar-refractivity contribution in [3.63, 3.8) is 0 Å². The third-order valence-corrected chi connectivity index (χ3v) is 1.62. The second kappa shape index (κ2) is 4.87. The van der Waals surface area contributed by atoms with Crippen LogP contribution in [0.2, 0.25) is 0 Å². The Balaban J connectivity index is 2.60. The molecule has 0 unspecified atom stereocenters. The van der Waals surface area contributed by atoms with E-state index in [1.165, 1.54) is 6.20 Å². The maximum absolute atomic E-state index is 10.1. The van der Waals surface area contributed by atoms with Crippen molar-refractivity contribution < 1.29 is 9.90 Å². The van der Waals surface area contributed by atoms with E-state index in [0.29, 0.717) is 0 Å². The zero-order valence-electron chi connectivity index (χ0n) is 7.60. The van der Waals surface area contributed by atoms with Gasteiger partial charge in [0.05, 0.1) is 0 Å². The fraction of sp³-hybridized carbons (Fsp3) is 0. The van der Waals surface area contributed by atoms with Crippen LogP contribution in [0, 0.1) is 0 Å². The summed E-state index contributed by atoms with van der Waals surface area (Å²) in [6.45, 7) is 3.63. The van der Waals surface area contributed by atoms with E-state index < -0.39 is 5.97 Å². The highest BCUT2D eigenvalue weighted by atomic mass is 16.4. The molecule has 0 bridgehead atoms. The average molecular weight is 189 g/mol. The van der Waals surface area contributed by atoms with E-state index >= 15 is 0 Å². The zero-order chi connectivity index (χ0) is 10.4. The predicted molar refractivity (Wildman–Crippen MR) is 56.9 cm³/mol. The Morgan fingerprint density at radius 3 is 2.50 bits per heavy atom. The second-order valence-corrected chi connectivity index (χ2v) is 2.64. The fourth-order valence-electron chi connectivity index (χ4n) is 0.925. The van der Waals surface area contributed by atoms with Crippen molar-refractivity contribution >= 4 is 17.7 Å². The molecule has 0 aliphatic rings. The molecule has 0 saturated heterocycles. The van der Waals surface area contributed by atoms with Crippen LogP contribution in [-0.2, 0) is 4.79 Å². The molecular formula is C11H11NO2. The Labute approximate surface area is 82.4 Å². The van der Waals surface area contributed by atoms with Gasteiger partial charge in [0.15, 0.2) is 0 Å². The van der Waals surface area contributed by atoms with Crippen LogP contribution in [0.5, 0.6) is 0 Å². The number of aliphatic carboxylic acids is 1. The zero-order valence-corrected chi connectivity index (χ0v) is 7.60. The van der Waals surface area contributed by atoms with E-state index in [4.69, 9.17) is 5.11 Å². The number of benzene rings is 1. The van der Waals surface area contributed by atoms with Gasteiger partial charge in [0.1, 0.15) is 0 Å². The Hall–Kier alpha value is -2.03. The highest BCUT2D eigenvalue weighted by Gasteiger charge is 1.89. The number of rotatable bonds is 4. The minimum atomic E-state index is -0.972. The molecule has 1 aromatic carbocycles. The number of nitrogens with one attached hydrogen (secondary N) is 1. The molecule has 0 aliphatic heterocycles. The molecule has 0 spiro atoms. The first-order valence-corrected chi connectivity index (χ1v) is 4.11. The third kappa shape index (κ3) is 3.15. The van der Waals surface area contributed by atoms with Crippen LogP contribution >= 0.6 is 0 Å². The van der Waals surface area contributed by atoms with Crippen molar-refractivity contribution in [1.29, 1.82) is 0 Å². The minimum Gasteiger partial charge on any atom is -0.478 e. The molecular weight excluding hydrogens is 178 g/mol. The lowest BCUT2D eigenvalue weighted by Crippen LogP contribution is -1.91. The molecule has 0 saturated carbocycles. The Morgan fingerprint density at radius 1 is 1.36 bits per heavy atom. The first-order valence-electron chi connectivity index (χ1n) is 4.11. The molecule has 0 heterocycles. The normalized spacial score (nSPS) is 10.0. The second-order valence-electron chi connectivity index (χ2n) is 2.64. The quantitative estimate of drug-likeness (QED) is 0.715. The van der Waals surface area contributed by atoms with Gasteiger partial charge in [-0.15, -0.1) is 0 Å². The van der Waals surface area contributed by atoms with Gasteiger partial charge in [0, 0.05) is 18.0 Å². The van der Waals surface area contributed by atoms with Crippen molar-refractivity contribution in [3.05, 3.63) is 48.7 Å². The van der Waals surface area contributed by atoms with Gasteiger partial charge in [-0.1, -0.05) is 24.8 Å². The summed E-state index contributed by atoms with van der Waals surface area (Å²) in [5, 5.41) is 11.2. The third-order valence-electron chi connectivity index (χ3n) is 1.62. The van der Waals surface area contributed by atoms with E-state index in [1.807, 2.05) is 24.3 Å². The first-order chi connectivity index (χ1) is 6.72. The number of anilines is 1. The molecule has 0 radical (unpaired) electrons.